The SMILES string of the molecule is C=C/C(O)=C\C(=C/C)PC. The third-order valence-corrected chi connectivity index (χ3v) is 2.12. The molecule has 0 spiro atoms. The zero-order valence-corrected chi connectivity index (χ0v) is 7.39. The zero-order valence-electron chi connectivity index (χ0n) is 6.39. The lowest BCUT2D eigenvalue weighted by atomic mass is 10.4. The van der Waals surface area contributed by atoms with E-state index >= 15 is 0 Å². The van der Waals surface area contributed by atoms with Crippen molar-refractivity contribution in [3.8, 4) is 0 Å². The fourth-order valence-corrected chi connectivity index (χ4v) is 1.10. The lowest BCUT2D eigenvalue weighted by Crippen LogP contribution is -1.73. The summed E-state index contributed by atoms with van der Waals surface area (Å²) in [6.07, 6.45) is 5.15. The van der Waals surface area contributed by atoms with Crippen molar-refractivity contribution in [2.75, 3.05) is 6.66 Å². The fraction of sp³-hybridized carbons (Fsp3) is 0.250. The van der Waals surface area contributed by atoms with Crippen LogP contribution in [0.2, 0.25) is 0 Å². The largest absolute Gasteiger partial charge is 0.508 e. The van der Waals surface area contributed by atoms with Crippen molar-refractivity contribution in [2.24, 2.45) is 0 Å². The number of hydrogen-bond acceptors (Lipinski definition) is 1. The molecule has 0 aliphatic heterocycles. The summed E-state index contributed by atoms with van der Waals surface area (Å²) >= 11 is 0. The Labute approximate surface area is 63.9 Å². The quantitative estimate of drug-likeness (QED) is 0.378. The molecule has 0 saturated heterocycles. The maximum absolute atomic E-state index is 9.00. The normalized spacial score (nSPS) is 14.6. The van der Waals surface area contributed by atoms with E-state index in [1.54, 1.807) is 6.08 Å². The molecule has 0 saturated carbocycles. The molecule has 0 fully saturated rings. The van der Waals surface area contributed by atoms with Gasteiger partial charge in [-0.05, 0) is 31.1 Å². The van der Waals surface area contributed by atoms with Crippen LogP contribution in [-0.4, -0.2) is 11.8 Å². The Morgan fingerprint density at radius 3 is 2.50 bits per heavy atom. The van der Waals surface area contributed by atoms with Crippen molar-refractivity contribution in [1.82, 2.24) is 0 Å². The molecule has 0 aromatic heterocycles. The summed E-state index contributed by atoms with van der Waals surface area (Å²) in [6.45, 7) is 7.47. The maximum Gasteiger partial charge on any atom is 0.115 e. The molecule has 1 nitrogen and oxygen atoms in total. The zero-order chi connectivity index (χ0) is 7.98. The van der Waals surface area contributed by atoms with E-state index in [1.807, 2.05) is 13.0 Å². The molecule has 56 valence electrons. The fourth-order valence-electron chi connectivity index (χ4n) is 0.518. The van der Waals surface area contributed by atoms with Crippen LogP contribution >= 0.6 is 8.58 Å². The van der Waals surface area contributed by atoms with Gasteiger partial charge < -0.3 is 5.11 Å². The van der Waals surface area contributed by atoms with Gasteiger partial charge in [-0.2, -0.15) is 0 Å². The molecule has 0 aromatic rings. The number of hydrogen-bond donors (Lipinski definition) is 1. The van der Waals surface area contributed by atoms with Gasteiger partial charge in [-0.15, -0.1) is 0 Å². The highest BCUT2D eigenvalue weighted by Crippen LogP contribution is 2.20. The first kappa shape index (κ1) is 9.45. The molecule has 0 aliphatic carbocycles. The number of rotatable bonds is 3. The van der Waals surface area contributed by atoms with Crippen molar-refractivity contribution >= 4 is 8.58 Å². The van der Waals surface area contributed by atoms with Gasteiger partial charge in [0.15, 0.2) is 0 Å². The summed E-state index contributed by atoms with van der Waals surface area (Å²) in [4.78, 5) is 0. The van der Waals surface area contributed by atoms with Crippen LogP contribution in [0.5, 0.6) is 0 Å². The summed E-state index contributed by atoms with van der Waals surface area (Å²) in [5.41, 5.74) is 0. The standard InChI is InChI=1S/C8H13OP/c1-4-7(9)6-8(5-2)10-3/h4-6,9-10H,1H2,2-3H3/b7-6+,8-5+. The first-order valence-corrected chi connectivity index (χ1v) is 4.61. The van der Waals surface area contributed by atoms with Gasteiger partial charge in [0.05, 0.1) is 0 Å². The number of allylic oxidation sites excluding steroid dienone is 4. The average molecular weight is 156 g/mol. The summed E-state index contributed by atoms with van der Waals surface area (Å²) < 4.78 is 0. The Hall–Kier alpha value is -0.550. The highest BCUT2D eigenvalue weighted by atomic mass is 31.1. The van der Waals surface area contributed by atoms with Crippen LogP contribution in [0.4, 0.5) is 0 Å². The third kappa shape index (κ3) is 3.47. The average Bonchev–Trinajstić information content (AvgIpc) is 1.99. The molecule has 1 atom stereocenters. The molecular weight excluding hydrogens is 143 g/mol. The predicted molar refractivity (Wildman–Crippen MR) is 48.9 cm³/mol. The molecule has 2 heteroatoms. The molecule has 0 amide bonds. The number of aliphatic hydroxyl groups is 1. The molecule has 0 rings (SSSR count). The van der Waals surface area contributed by atoms with Crippen molar-refractivity contribution in [1.29, 1.82) is 0 Å². The van der Waals surface area contributed by atoms with Gasteiger partial charge in [-0.1, -0.05) is 21.2 Å². The van der Waals surface area contributed by atoms with Crippen LogP contribution in [0.1, 0.15) is 6.92 Å². The van der Waals surface area contributed by atoms with Gasteiger partial charge in [-0.25, -0.2) is 0 Å². The van der Waals surface area contributed by atoms with Crippen LogP contribution in [0.15, 0.2) is 35.9 Å². The second-order valence-corrected chi connectivity index (χ2v) is 2.84. The van der Waals surface area contributed by atoms with Crippen molar-refractivity contribution < 1.29 is 5.11 Å². The van der Waals surface area contributed by atoms with Gasteiger partial charge in [0.2, 0.25) is 0 Å². The Morgan fingerprint density at radius 2 is 2.20 bits per heavy atom. The highest BCUT2D eigenvalue weighted by molar-refractivity contribution is 7.42. The minimum Gasteiger partial charge on any atom is -0.508 e. The highest BCUT2D eigenvalue weighted by Gasteiger charge is 1.87. The molecule has 0 bridgehead atoms. The Balaban J connectivity index is 4.22. The molecule has 0 aromatic carbocycles. The van der Waals surface area contributed by atoms with Gasteiger partial charge in [-0.3, -0.25) is 0 Å². The van der Waals surface area contributed by atoms with Crippen LogP contribution < -0.4 is 0 Å². The lowest BCUT2D eigenvalue weighted by Gasteiger charge is -1.94. The number of aliphatic hydroxyl groups excluding tert-OH is 1. The second kappa shape index (κ2) is 5.25. The summed E-state index contributed by atoms with van der Waals surface area (Å²) in [7, 11) is 0.722. The van der Waals surface area contributed by atoms with Gasteiger partial charge in [0.1, 0.15) is 5.76 Å². The van der Waals surface area contributed by atoms with E-state index < -0.39 is 0 Å². The van der Waals surface area contributed by atoms with E-state index in [-0.39, 0.29) is 5.76 Å². The van der Waals surface area contributed by atoms with Crippen LogP contribution in [0, 0.1) is 0 Å². The van der Waals surface area contributed by atoms with Crippen molar-refractivity contribution in [3.05, 3.63) is 35.9 Å². The Bertz CT molecular complexity index is 168. The van der Waals surface area contributed by atoms with E-state index in [2.05, 4.69) is 13.2 Å². The molecule has 0 radical (unpaired) electrons. The molecular formula is C8H13OP. The summed E-state index contributed by atoms with van der Waals surface area (Å²) in [5, 5.41) is 10.1. The van der Waals surface area contributed by atoms with Crippen molar-refractivity contribution in [3.63, 3.8) is 0 Å². The minimum atomic E-state index is 0.238. The first-order chi connectivity index (χ1) is 4.74. The lowest BCUT2D eigenvalue weighted by molar-refractivity contribution is 0.433. The van der Waals surface area contributed by atoms with E-state index in [4.69, 9.17) is 5.11 Å². The third-order valence-electron chi connectivity index (χ3n) is 1.11. The van der Waals surface area contributed by atoms with Gasteiger partial charge in [0, 0.05) is 0 Å². The summed E-state index contributed by atoms with van der Waals surface area (Å²) in [5.74, 6) is 0.238. The van der Waals surface area contributed by atoms with Crippen molar-refractivity contribution in [2.45, 2.75) is 6.92 Å². The smallest absolute Gasteiger partial charge is 0.115 e. The molecule has 1 unspecified atom stereocenters. The minimum absolute atomic E-state index is 0.238. The van der Waals surface area contributed by atoms with E-state index in [0.29, 0.717) is 0 Å². The van der Waals surface area contributed by atoms with Gasteiger partial charge in [0.25, 0.3) is 0 Å². The van der Waals surface area contributed by atoms with Crippen LogP contribution in [-0.2, 0) is 0 Å². The topological polar surface area (TPSA) is 20.2 Å². The predicted octanol–water partition coefficient (Wildman–Crippen LogP) is 2.83. The van der Waals surface area contributed by atoms with Crippen LogP contribution in [0.3, 0.4) is 0 Å². The Morgan fingerprint density at radius 1 is 1.60 bits per heavy atom. The molecule has 0 aliphatic rings. The first-order valence-electron chi connectivity index (χ1n) is 3.11. The maximum atomic E-state index is 9.00. The van der Waals surface area contributed by atoms with Gasteiger partial charge >= 0.3 is 0 Å². The van der Waals surface area contributed by atoms with E-state index in [0.717, 1.165) is 13.9 Å². The molecule has 10 heavy (non-hydrogen) atoms. The molecule has 0 heterocycles. The van der Waals surface area contributed by atoms with E-state index in [9.17, 15) is 0 Å². The Kier molecular flexibility index (Phi) is 4.96. The second-order valence-electron chi connectivity index (χ2n) is 1.77. The summed E-state index contributed by atoms with van der Waals surface area (Å²) in [6, 6.07) is 0. The molecule has 1 N–H and O–H groups in total. The monoisotopic (exact) mass is 156 g/mol. The van der Waals surface area contributed by atoms with E-state index in [1.165, 1.54) is 6.08 Å². The van der Waals surface area contributed by atoms with Crippen LogP contribution in [0.25, 0.3) is 0 Å².